The number of fused-ring (bicyclic) bond motifs is 1. The summed E-state index contributed by atoms with van der Waals surface area (Å²) >= 11 is 0. The fourth-order valence-electron chi connectivity index (χ4n) is 1.69. The summed E-state index contributed by atoms with van der Waals surface area (Å²) in [5.74, 6) is -1.83. The monoisotopic (exact) mass is 261 g/mol. The van der Waals surface area contributed by atoms with Crippen molar-refractivity contribution in [2.45, 2.75) is 0 Å². The van der Waals surface area contributed by atoms with Gasteiger partial charge < -0.3 is 14.4 Å². The van der Waals surface area contributed by atoms with E-state index in [-0.39, 0.29) is 5.56 Å². The summed E-state index contributed by atoms with van der Waals surface area (Å²) in [5.41, 5.74) is -0.576. The molecule has 0 saturated heterocycles. The van der Waals surface area contributed by atoms with Crippen LogP contribution in [-0.4, -0.2) is 35.5 Å². The minimum absolute atomic E-state index is 0.178. The largest absolute Gasteiger partial charge is 0.480 e. The highest BCUT2D eigenvalue weighted by Crippen LogP contribution is 2.13. The molecule has 2 aromatic rings. The molecule has 1 amide bonds. The predicted octanol–water partition coefficient (Wildman–Crippen LogP) is 0.950. The van der Waals surface area contributed by atoms with Crippen LogP contribution in [-0.2, 0) is 4.79 Å². The van der Waals surface area contributed by atoms with Gasteiger partial charge in [0, 0.05) is 12.4 Å². The number of likely N-dealkylation sites (N-methyl/N-ethyl adjacent to an activating group) is 1. The van der Waals surface area contributed by atoms with E-state index < -0.39 is 24.0 Å². The third-order valence-electron chi connectivity index (χ3n) is 2.59. The van der Waals surface area contributed by atoms with Crippen molar-refractivity contribution in [2.75, 3.05) is 13.6 Å². The van der Waals surface area contributed by atoms with Crippen molar-refractivity contribution < 1.29 is 19.1 Å². The van der Waals surface area contributed by atoms with E-state index in [2.05, 4.69) is 0 Å². The molecular weight excluding hydrogens is 250 g/mol. The Balaban J connectivity index is 2.44. The van der Waals surface area contributed by atoms with E-state index in [1.807, 2.05) is 0 Å². The van der Waals surface area contributed by atoms with Crippen LogP contribution < -0.4 is 5.63 Å². The van der Waals surface area contributed by atoms with Crippen molar-refractivity contribution >= 4 is 22.8 Å². The van der Waals surface area contributed by atoms with Gasteiger partial charge in [-0.2, -0.15) is 0 Å². The molecule has 19 heavy (non-hydrogen) atoms. The Labute approximate surface area is 107 Å². The lowest BCUT2D eigenvalue weighted by atomic mass is 10.1. The lowest BCUT2D eigenvalue weighted by Gasteiger charge is -2.13. The first-order valence-corrected chi connectivity index (χ1v) is 5.49. The molecule has 0 saturated carbocycles. The summed E-state index contributed by atoms with van der Waals surface area (Å²) in [6, 6.07) is 8.18. The van der Waals surface area contributed by atoms with Crippen molar-refractivity contribution in [1.29, 1.82) is 0 Å². The van der Waals surface area contributed by atoms with Crippen molar-refractivity contribution in [3.05, 3.63) is 46.3 Å². The van der Waals surface area contributed by atoms with E-state index in [0.717, 1.165) is 4.90 Å². The van der Waals surface area contributed by atoms with Crippen molar-refractivity contribution in [3.8, 4) is 0 Å². The number of hydrogen-bond donors (Lipinski definition) is 1. The Bertz CT molecular complexity index is 703. The number of carboxylic acids is 1. The van der Waals surface area contributed by atoms with Gasteiger partial charge in [-0.05, 0) is 12.1 Å². The number of amides is 1. The van der Waals surface area contributed by atoms with Crippen LogP contribution in [0.15, 0.2) is 39.5 Å². The van der Waals surface area contributed by atoms with Crippen molar-refractivity contribution in [1.82, 2.24) is 4.90 Å². The molecule has 0 bridgehead atoms. The zero-order valence-electron chi connectivity index (χ0n) is 10.1. The maximum Gasteiger partial charge on any atom is 0.349 e. The fraction of sp³-hybridized carbons (Fsp3) is 0.154. The van der Waals surface area contributed by atoms with Gasteiger partial charge in [-0.25, -0.2) is 4.79 Å². The van der Waals surface area contributed by atoms with Gasteiger partial charge in [0.2, 0.25) is 0 Å². The van der Waals surface area contributed by atoms with Crippen LogP contribution in [0, 0.1) is 0 Å². The SMILES string of the molecule is CN(CC(=O)O)C(=O)c1cc2ccccc2oc1=O. The second kappa shape index (κ2) is 4.93. The Morgan fingerprint density at radius 3 is 2.68 bits per heavy atom. The third-order valence-corrected chi connectivity index (χ3v) is 2.59. The van der Waals surface area contributed by atoms with E-state index in [0.29, 0.717) is 11.0 Å². The van der Waals surface area contributed by atoms with Gasteiger partial charge in [0.25, 0.3) is 5.91 Å². The topological polar surface area (TPSA) is 87.8 Å². The minimum Gasteiger partial charge on any atom is -0.480 e. The molecule has 1 aromatic carbocycles. The second-order valence-corrected chi connectivity index (χ2v) is 4.04. The molecule has 1 heterocycles. The molecule has 0 atom stereocenters. The highest BCUT2D eigenvalue weighted by Gasteiger charge is 2.19. The van der Waals surface area contributed by atoms with Crippen LogP contribution >= 0.6 is 0 Å². The maximum absolute atomic E-state index is 11.9. The Morgan fingerprint density at radius 2 is 2.00 bits per heavy atom. The normalized spacial score (nSPS) is 10.4. The molecule has 0 fully saturated rings. The lowest BCUT2D eigenvalue weighted by molar-refractivity contribution is -0.137. The maximum atomic E-state index is 11.9. The molecule has 0 spiro atoms. The van der Waals surface area contributed by atoms with Crippen LogP contribution in [0.25, 0.3) is 11.0 Å². The standard InChI is InChI=1S/C13H11NO5/c1-14(7-11(15)16)12(17)9-6-8-4-2-3-5-10(8)19-13(9)18/h2-6H,7H2,1H3,(H,15,16). The molecule has 1 aromatic heterocycles. The molecule has 0 radical (unpaired) electrons. The molecule has 6 heteroatoms. The third kappa shape index (κ3) is 2.62. The average molecular weight is 261 g/mol. The molecule has 0 aliphatic rings. The number of carbonyl (C=O) groups is 2. The number of benzene rings is 1. The number of hydrogen-bond acceptors (Lipinski definition) is 4. The van der Waals surface area contributed by atoms with E-state index in [9.17, 15) is 14.4 Å². The van der Waals surface area contributed by atoms with Gasteiger partial charge >= 0.3 is 11.6 Å². The smallest absolute Gasteiger partial charge is 0.349 e. The average Bonchev–Trinajstić information content (AvgIpc) is 2.36. The number of nitrogens with zero attached hydrogens (tertiary/aromatic N) is 1. The van der Waals surface area contributed by atoms with Crippen LogP contribution in [0.2, 0.25) is 0 Å². The molecule has 0 aliphatic heterocycles. The van der Waals surface area contributed by atoms with Crippen molar-refractivity contribution in [2.24, 2.45) is 0 Å². The van der Waals surface area contributed by atoms with Crippen LogP contribution in [0.5, 0.6) is 0 Å². The molecule has 2 rings (SSSR count). The van der Waals surface area contributed by atoms with Gasteiger partial charge in [0.05, 0.1) is 0 Å². The summed E-state index contributed by atoms with van der Waals surface area (Å²) < 4.78 is 5.02. The van der Waals surface area contributed by atoms with Gasteiger partial charge in [-0.1, -0.05) is 18.2 Å². The second-order valence-electron chi connectivity index (χ2n) is 4.04. The molecule has 1 N–H and O–H groups in total. The van der Waals surface area contributed by atoms with E-state index in [1.165, 1.54) is 13.1 Å². The quantitative estimate of drug-likeness (QED) is 0.831. The summed E-state index contributed by atoms with van der Waals surface area (Å²) in [6.07, 6.45) is 0. The number of carboxylic acid groups (broad SMARTS) is 1. The van der Waals surface area contributed by atoms with Crippen LogP contribution in [0.1, 0.15) is 10.4 Å². The predicted molar refractivity (Wildman–Crippen MR) is 67.1 cm³/mol. The lowest BCUT2D eigenvalue weighted by Crippen LogP contribution is -2.34. The first-order valence-electron chi connectivity index (χ1n) is 5.49. The number of aliphatic carboxylic acids is 1. The summed E-state index contributed by atoms with van der Waals surface area (Å²) in [6.45, 7) is -0.481. The first kappa shape index (κ1) is 12.8. The molecule has 0 unspecified atom stereocenters. The Kier molecular flexibility index (Phi) is 3.33. The van der Waals surface area contributed by atoms with Gasteiger partial charge in [0.15, 0.2) is 0 Å². The molecule has 0 aliphatic carbocycles. The number of para-hydroxylation sites is 1. The molecular formula is C13H11NO5. The highest BCUT2D eigenvalue weighted by molar-refractivity contribution is 5.97. The molecule has 98 valence electrons. The summed E-state index contributed by atoms with van der Waals surface area (Å²) in [7, 11) is 1.31. The molecule has 6 nitrogen and oxygen atoms in total. The van der Waals surface area contributed by atoms with Crippen molar-refractivity contribution in [3.63, 3.8) is 0 Å². The van der Waals surface area contributed by atoms with Crippen LogP contribution in [0.4, 0.5) is 0 Å². The summed E-state index contributed by atoms with van der Waals surface area (Å²) in [5, 5.41) is 9.23. The van der Waals surface area contributed by atoms with E-state index in [4.69, 9.17) is 9.52 Å². The van der Waals surface area contributed by atoms with E-state index in [1.54, 1.807) is 24.3 Å². The number of carbonyl (C=O) groups excluding carboxylic acids is 1. The zero-order valence-corrected chi connectivity index (χ0v) is 10.1. The minimum atomic E-state index is -1.15. The van der Waals surface area contributed by atoms with Gasteiger partial charge in [0.1, 0.15) is 17.7 Å². The summed E-state index contributed by atoms with van der Waals surface area (Å²) in [4.78, 5) is 35.1. The van der Waals surface area contributed by atoms with Gasteiger partial charge in [-0.15, -0.1) is 0 Å². The zero-order chi connectivity index (χ0) is 14.0. The number of rotatable bonds is 3. The Hall–Kier alpha value is -2.63. The fourth-order valence-corrected chi connectivity index (χ4v) is 1.69. The van der Waals surface area contributed by atoms with Gasteiger partial charge in [-0.3, -0.25) is 9.59 Å². The highest BCUT2D eigenvalue weighted by atomic mass is 16.4. The first-order chi connectivity index (χ1) is 8.99. The van der Waals surface area contributed by atoms with E-state index >= 15 is 0 Å². The Morgan fingerprint density at radius 1 is 1.32 bits per heavy atom. The van der Waals surface area contributed by atoms with Crippen LogP contribution in [0.3, 0.4) is 0 Å².